The molecule has 1 heterocycles. The Labute approximate surface area is 159 Å². The Kier molecular flexibility index (Phi) is 6.24. The number of benzene rings is 2. The Hall–Kier alpha value is -2.66. The molecule has 2 atom stereocenters. The number of esters is 2. The number of piperidine rings is 1. The molecule has 1 aliphatic heterocycles. The predicted octanol–water partition coefficient (Wildman–Crippen LogP) is 2.86. The largest absolute Gasteiger partial charge is 0.469 e. The van der Waals surface area contributed by atoms with Crippen LogP contribution in [0.1, 0.15) is 17.0 Å². The van der Waals surface area contributed by atoms with Gasteiger partial charge in [0.25, 0.3) is 0 Å². The molecule has 2 unspecified atom stereocenters. The van der Waals surface area contributed by atoms with Crippen molar-refractivity contribution < 1.29 is 19.1 Å². The van der Waals surface area contributed by atoms with E-state index in [1.54, 1.807) is 0 Å². The Morgan fingerprint density at radius 3 is 1.81 bits per heavy atom. The molecule has 1 aliphatic rings. The van der Waals surface area contributed by atoms with E-state index in [0.717, 1.165) is 11.1 Å². The van der Waals surface area contributed by atoms with Gasteiger partial charge in [0.2, 0.25) is 0 Å². The zero-order chi connectivity index (χ0) is 19.2. The second-order valence-electron chi connectivity index (χ2n) is 6.88. The van der Waals surface area contributed by atoms with Gasteiger partial charge in [0.05, 0.1) is 26.1 Å². The molecule has 5 nitrogen and oxygen atoms in total. The van der Waals surface area contributed by atoms with Gasteiger partial charge in [-0.05, 0) is 11.1 Å². The van der Waals surface area contributed by atoms with Gasteiger partial charge in [-0.25, -0.2) is 0 Å². The van der Waals surface area contributed by atoms with Crippen molar-refractivity contribution in [1.29, 1.82) is 0 Å². The first-order valence-corrected chi connectivity index (χ1v) is 9.11. The summed E-state index contributed by atoms with van der Waals surface area (Å²) in [6.07, 6.45) is 0. The summed E-state index contributed by atoms with van der Waals surface area (Å²) < 4.78 is 10.2. The highest BCUT2D eigenvalue weighted by Crippen LogP contribution is 2.39. The van der Waals surface area contributed by atoms with E-state index < -0.39 is 11.8 Å². The predicted molar refractivity (Wildman–Crippen MR) is 102 cm³/mol. The first-order chi connectivity index (χ1) is 13.1. The summed E-state index contributed by atoms with van der Waals surface area (Å²) in [6.45, 7) is 1.74. The number of nitrogens with zero attached hydrogens (tertiary/aromatic N) is 1. The van der Waals surface area contributed by atoms with Crippen molar-refractivity contribution in [2.45, 2.75) is 12.5 Å². The molecule has 142 valence electrons. The van der Waals surface area contributed by atoms with E-state index in [0.29, 0.717) is 19.6 Å². The average Bonchev–Trinajstić information content (AvgIpc) is 2.73. The topological polar surface area (TPSA) is 55.8 Å². The van der Waals surface area contributed by atoms with Gasteiger partial charge < -0.3 is 9.47 Å². The summed E-state index contributed by atoms with van der Waals surface area (Å²) in [4.78, 5) is 27.3. The number of hydrogen-bond donors (Lipinski definition) is 0. The van der Waals surface area contributed by atoms with Crippen molar-refractivity contribution in [2.75, 3.05) is 27.3 Å². The molecule has 0 spiro atoms. The molecule has 0 amide bonds. The zero-order valence-corrected chi connectivity index (χ0v) is 15.7. The van der Waals surface area contributed by atoms with Crippen LogP contribution in [0.4, 0.5) is 0 Å². The Balaban J connectivity index is 1.94. The Morgan fingerprint density at radius 2 is 1.33 bits per heavy atom. The smallest absolute Gasteiger partial charge is 0.310 e. The van der Waals surface area contributed by atoms with Crippen LogP contribution < -0.4 is 0 Å². The summed E-state index contributed by atoms with van der Waals surface area (Å²) in [5.74, 6) is -1.72. The molecule has 3 rings (SSSR count). The summed E-state index contributed by atoms with van der Waals surface area (Å²) in [5.41, 5.74) is 2.10. The monoisotopic (exact) mass is 367 g/mol. The molecule has 1 saturated heterocycles. The van der Waals surface area contributed by atoms with Crippen molar-refractivity contribution >= 4 is 11.9 Å². The van der Waals surface area contributed by atoms with Gasteiger partial charge in [0.15, 0.2) is 0 Å². The molecular weight excluding hydrogens is 342 g/mol. The number of hydrogen-bond acceptors (Lipinski definition) is 5. The van der Waals surface area contributed by atoms with Gasteiger partial charge >= 0.3 is 11.9 Å². The maximum atomic E-state index is 12.6. The van der Waals surface area contributed by atoms with Crippen LogP contribution in [0.15, 0.2) is 60.7 Å². The molecule has 0 N–H and O–H groups in total. The van der Waals surface area contributed by atoms with Gasteiger partial charge in [-0.1, -0.05) is 60.7 Å². The number of rotatable bonds is 5. The van der Waals surface area contributed by atoms with Crippen LogP contribution in [0, 0.1) is 11.8 Å². The minimum absolute atomic E-state index is 0.266. The highest BCUT2D eigenvalue weighted by molar-refractivity contribution is 5.79. The maximum Gasteiger partial charge on any atom is 0.310 e. The van der Waals surface area contributed by atoms with Gasteiger partial charge in [-0.3, -0.25) is 14.5 Å². The van der Waals surface area contributed by atoms with Crippen molar-refractivity contribution in [3.8, 4) is 0 Å². The summed E-state index contributed by atoms with van der Waals surface area (Å²) in [6, 6.07) is 19.7. The fraction of sp³-hybridized carbons (Fsp3) is 0.364. The van der Waals surface area contributed by atoms with E-state index >= 15 is 0 Å². The van der Waals surface area contributed by atoms with E-state index in [1.165, 1.54) is 14.2 Å². The summed E-state index contributed by atoms with van der Waals surface area (Å²) in [5, 5.41) is 0. The molecule has 27 heavy (non-hydrogen) atoms. The molecule has 0 bridgehead atoms. The molecule has 5 heteroatoms. The Morgan fingerprint density at radius 1 is 0.852 bits per heavy atom. The molecule has 0 aliphatic carbocycles. The van der Waals surface area contributed by atoms with Gasteiger partial charge in [0, 0.05) is 25.6 Å². The van der Waals surface area contributed by atoms with E-state index in [2.05, 4.69) is 4.90 Å². The lowest BCUT2D eigenvalue weighted by Gasteiger charge is -2.41. The molecule has 1 fully saturated rings. The minimum Gasteiger partial charge on any atom is -0.469 e. The Bertz CT molecular complexity index is 736. The second kappa shape index (κ2) is 8.82. The number of carbonyl (C=O) groups excluding carboxylic acids is 2. The second-order valence-corrected chi connectivity index (χ2v) is 6.88. The molecular formula is C22H25NO4. The first kappa shape index (κ1) is 19.1. The summed E-state index contributed by atoms with van der Waals surface area (Å²) in [7, 11) is 2.79. The molecule has 2 aromatic rings. The SMILES string of the molecule is COC(=O)C1CN(Cc2ccccc2)CC(C(=O)OC)C1c1ccccc1. The molecule has 0 radical (unpaired) electrons. The van der Waals surface area contributed by atoms with Crippen LogP contribution in [0.3, 0.4) is 0 Å². The lowest BCUT2D eigenvalue weighted by molar-refractivity contribution is -0.156. The van der Waals surface area contributed by atoms with Crippen LogP contribution in [-0.4, -0.2) is 44.1 Å². The summed E-state index contributed by atoms with van der Waals surface area (Å²) >= 11 is 0. The van der Waals surface area contributed by atoms with Crippen LogP contribution in [-0.2, 0) is 25.6 Å². The van der Waals surface area contributed by atoms with Crippen molar-refractivity contribution in [2.24, 2.45) is 11.8 Å². The first-order valence-electron chi connectivity index (χ1n) is 9.11. The number of ether oxygens (including phenoxy) is 2. The number of carbonyl (C=O) groups is 2. The van der Waals surface area contributed by atoms with Gasteiger partial charge in [-0.2, -0.15) is 0 Å². The molecule has 0 saturated carbocycles. The lowest BCUT2D eigenvalue weighted by Crippen LogP contribution is -2.50. The standard InChI is InChI=1S/C22H25NO4/c1-26-21(24)18-14-23(13-16-9-5-3-6-10-16)15-19(22(25)27-2)20(18)17-11-7-4-8-12-17/h3-12,18-20H,13-15H2,1-2H3. The highest BCUT2D eigenvalue weighted by Gasteiger charge is 2.45. The van der Waals surface area contributed by atoms with Crippen LogP contribution in [0.25, 0.3) is 0 Å². The molecule has 0 aromatic heterocycles. The third-order valence-electron chi connectivity index (χ3n) is 5.22. The minimum atomic E-state index is -0.432. The van der Waals surface area contributed by atoms with E-state index in [4.69, 9.17) is 9.47 Å². The highest BCUT2D eigenvalue weighted by atomic mass is 16.5. The van der Waals surface area contributed by atoms with Crippen LogP contribution in [0.2, 0.25) is 0 Å². The third kappa shape index (κ3) is 4.37. The normalized spacial score (nSPS) is 22.8. The van der Waals surface area contributed by atoms with Crippen molar-refractivity contribution in [3.05, 3.63) is 71.8 Å². The third-order valence-corrected chi connectivity index (χ3v) is 5.22. The van der Waals surface area contributed by atoms with Crippen molar-refractivity contribution in [3.63, 3.8) is 0 Å². The van der Waals surface area contributed by atoms with Gasteiger partial charge in [-0.15, -0.1) is 0 Å². The van der Waals surface area contributed by atoms with Crippen LogP contribution >= 0.6 is 0 Å². The quantitative estimate of drug-likeness (QED) is 0.761. The fourth-order valence-electron chi connectivity index (χ4n) is 3.99. The van der Waals surface area contributed by atoms with Gasteiger partial charge in [0.1, 0.15) is 0 Å². The lowest BCUT2D eigenvalue weighted by atomic mass is 9.73. The van der Waals surface area contributed by atoms with Crippen LogP contribution in [0.5, 0.6) is 0 Å². The average molecular weight is 367 g/mol. The zero-order valence-electron chi connectivity index (χ0n) is 15.7. The van der Waals surface area contributed by atoms with Crippen molar-refractivity contribution in [1.82, 2.24) is 4.90 Å². The van der Waals surface area contributed by atoms with E-state index in [-0.39, 0.29) is 17.9 Å². The number of methoxy groups -OCH3 is 2. The maximum absolute atomic E-state index is 12.6. The fourth-order valence-corrected chi connectivity index (χ4v) is 3.99. The van der Waals surface area contributed by atoms with E-state index in [1.807, 2.05) is 60.7 Å². The number of likely N-dealkylation sites (tertiary alicyclic amines) is 1. The molecule has 2 aromatic carbocycles. The van der Waals surface area contributed by atoms with E-state index in [9.17, 15) is 9.59 Å².